The molecule has 1 aliphatic heterocycles. The van der Waals surface area contributed by atoms with Gasteiger partial charge in [0, 0.05) is 18.0 Å². The summed E-state index contributed by atoms with van der Waals surface area (Å²) >= 11 is 1.76. The molecular weight excluding hydrogens is 240 g/mol. The van der Waals surface area contributed by atoms with Gasteiger partial charge in [0.15, 0.2) is 0 Å². The van der Waals surface area contributed by atoms with Crippen LogP contribution in [0.25, 0.3) is 0 Å². The second-order valence-electron chi connectivity index (χ2n) is 4.86. The lowest BCUT2D eigenvalue weighted by molar-refractivity contribution is 0.438. The maximum Gasteiger partial charge on any atom is 0.103 e. The van der Waals surface area contributed by atoms with Gasteiger partial charge in [-0.15, -0.1) is 11.8 Å². The second-order valence-corrected chi connectivity index (χ2v) is 6.17. The Morgan fingerprint density at radius 1 is 1.39 bits per heavy atom. The van der Waals surface area contributed by atoms with Gasteiger partial charge in [-0.3, -0.25) is 0 Å². The van der Waals surface area contributed by atoms with Crippen molar-refractivity contribution in [1.82, 2.24) is 0 Å². The molecule has 0 saturated carbocycles. The highest BCUT2D eigenvalue weighted by atomic mass is 32.2. The molecule has 3 heteroatoms. The molecular formula is C15H20N2S. The summed E-state index contributed by atoms with van der Waals surface area (Å²) < 4.78 is 0. The van der Waals surface area contributed by atoms with Gasteiger partial charge in [-0.05, 0) is 36.6 Å². The summed E-state index contributed by atoms with van der Waals surface area (Å²) in [6, 6.07) is 8.62. The molecule has 0 aromatic heterocycles. The second kappa shape index (κ2) is 6.15. The third kappa shape index (κ3) is 2.81. The minimum Gasteiger partial charge on any atom is -0.370 e. The number of nitrogens with zero attached hydrogens (tertiary/aromatic N) is 2. The predicted octanol–water partition coefficient (Wildman–Crippen LogP) is 3.91. The Labute approximate surface area is 114 Å². The molecule has 2 rings (SSSR count). The fourth-order valence-corrected chi connectivity index (χ4v) is 3.20. The number of nitriles is 1. The summed E-state index contributed by atoms with van der Waals surface area (Å²) in [6.45, 7) is 6.60. The van der Waals surface area contributed by atoms with E-state index < -0.39 is 0 Å². The zero-order chi connectivity index (χ0) is 13.0. The summed E-state index contributed by atoms with van der Waals surface area (Å²) in [5, 5.41) is 9.42. The van der Waals surface area contributed by atoms with Crippen molar-refractivity contribution >= 4 is 17.4 Å². The topological polar surface area (TPSA) is 27.0 Å². The fourth-order valence-electron chi connectivity index (χ4n) is 2.42. The maximum atomic E-state index is 9.42. The first-order valence-electron chi connectivity index (χ1n) is 6.67. The Bertz CT molecular complexity index is 442. The van der Waals surface area contributed by atoms with E-state index in [0.717, 1.165) is 40.9 Å². The molecule has 0 spiro atoms. The largest absolute Gasteiger partial charge is 0.370 e. The van der Waals surface area contributed by atoms with Crippen molar-refractivity contribution < 1.29 is 0 Å². The van der Waals surface area contributed by atoms with Crippen LogP contribution in [-0.2, 0) is 0 Å². The van der Waals surface area contributed by atoms with Gasteiger partial charge in [0.25, 0.3) is 0 Å². The molecule has 0 radical (unpaired) electrons. The molecule has 18 heavy (non-hydrogen) atoms. The first-order chi connectivity index (χ1) is 8.76. The number of thioether (sulfide) groups is 1. The average Bonchev–Trinajstić information content (AvgIpc) is 2.40. The van der Waals surface area contributed by atoms with Crippen LogP contribution >= 0.6 is 11.8 Å². The van der Waals surface area contributed by atoms with E-state index >= 15 is 0 Å². The number of piperidine rings is 1. The molecule has 96 valence electrons. The molecule has 1 aromatic carbocycles. The zero-order valence-electron chi connectivity index (χ0n) is 11.1. The normalized spacial score (nSPS) is 16.6. The van der Waals surface area contributed by atoms with Crippen molar-refractivity contribution in [2.75, 3.05) is 23.7 Å². The third-order valence-electron chi connectivity index (χ3n) is 3.54. The highest BCUT2D eigenvalue weighted by Gasteiger charge is 2.19. The third-order valence-corrected chi connectivity index (χ3v) is 4.48. The first kappa shape index (κ1) is 13.3. The van der Waals surface area contributed by atoms with Gasteiger partial charge in [-0.2, -0.15) is 5.26 Å². The van der Waals surface area contributed by atoms with E-state index in [1.165, 1.54) is 12.8 Å². The van der Waals surface area contributed by atoms with Crippen molar-refractivity contribution in [3.63, 3.8) is 0 Å². The Balaban J connectivity index is 2.27. The Hall–Kier alpha value is -1.14. The van der Waals surface area contributed by atoms with Gasteiger partial charge < -0.3 is 4.90 Å². The smallest absolute Gasteiger partial charge is 0.103 e. The molecule has 1 heterocycles. The monoisotopic (exact) mass is 260 g/mol. The van der Waals surface area contributed by atoms with E-state index in [2.05, 4.69) is 43.0 Å². The Morgan fingerprint density at radius 2 is 2.11 bits per heavy atom. The van der Waals surface area contributed by atoms with Crippen LogP contribution in [-0.4, -0.2) is 18.8 Å². The molecule has 0 unspecified atom stereocenters. The number of hydrogen-bond donors (Lipinski definition) is 0. The Morgan fingerprint density at radius 3 is 2.72 bits per heavy atom. The van der Waals surface area contributed by atoms with Crippen LogP contribution in [0, 0.1) is 17.2 Å². The van der Waals surface area contributed by atoms with E-state index in [4.69, 9.17) is 0 Å². The van der Waals surface area contributed by atoms with Gasteiger partial charge in [-0.1, -0.05) is 19.9 Å². The van der Waals surface area contributed by atoms with E-state index in [1.54, 1.807) is 11.8 Å². The summed E-state index contributed by atoms with van der Waals surface area (Å²) in [6.07, 6.45) is 2.46. The summed E-state index contributed by atoms with van der Waals surface area (Å²) in [5.41, 5.74) is 1.99. The molecule has 0 bridgehead atoms. The zero-order valence-corrected chi connectivity index (χ0v) is 12.0. The standard InChI is InChI=1S/C15H20N2S/c1-3-18-15-6-4-5-14(13(15)11-16)17-9-7-12(2)8-10-17/h4-6,12H,3,7-10H2,1-2H3. The molecule has 0 aliphatic carbocycles. The van der Waals surface area contributed by atoms with Gasteiger partial charge >= 0.3 is 0 Å². The molecule has 2 nitrogen and oxygen atoms in total. The lowest BCUT2D eigenvalue weighted by Crippen LogP contribution is -2.33. The maximum absolute atomic E-state index is 9.42. The molecule has 0 N–H and O–H groups in total. The molecule has 1 aliphatic rings. The molecule has 1 saturated heterocycles. The number of rotatable bonds is 3. The van der Waals surface area contributed by atoms with Crippen LogP contribution in [0.15, 0.2) is 23.1 Å². The number of benzene rings is 1. The van der Waals surface area contributed by atoms with E-state index in [9.17, 15) is 5.26 Å². The first-order valence-corrected chi connectivity index (χ1v) is 7.65. The van der Waals surface area contributed by atoms with Crippen LogP contribution < -0.4 is 4.90 Å². The van der Waals surface area contributed by atoms with Crippen LogP contribution in [0.5, 0.6) is 0 Å². The average molecular weight is 260 g/mol. The quantitative estimate of drug-likeness (QED) is 0.771. The molecule has 0 amide bonds. The number of hydrogen-bond acceptors (Lipinski definition) is 3. The van der Waals surface area contributed by atoms with E-state index in [1.807, 2.05) is 0 Å². The summed E-state index contributed by atoms with van der Waals surface area (Å²) in [4.78, 5) is 3.49. The van der Waals surface area contributed by atoms with Crippen LogP contribution in [0.1, 0.15) is 32.3 Å². The van der Waals surface area contributed by atoms with Gasteiger partial charge in [0.05, 0.1) is 11.3 Å². The van der Waals surface area contributed by atoms with Crippen molar-refractivity contribution in [3.05, 3.63) is 23.8 Å². The van der Waals surface area contributed by atoms with Crippen LogP contribution in [0.4, 0.5) is 5.69 Å². The van der Waals surface area contributed by atoms with E-state index in [0.29, 0.717) is 0 Å². The lowest BCUT2D eigenvalue weighted by Gasteiger charge is -2.33. The van der Waals surface area contributed by atoms with Gasteiger partial charge in [0.2, 0.25) is 0 Å². The minimum absolute atomic E-state index is 0.819. The van der Waals surface area contributed by atoms with Gasteiger partial charge in [-0.25, -0.2) is 0 Å². The van der Waals surface area contributed by atoms with Crippen molar-refractivity contribution in [3.8, 4) is 6.07 Å². The molecule has 1 fully saturated rings. The summed E-state index contributed by atoms with van der Waals surface area (Å²) in [7, 11) is 0. The predicted molar refractivity (Wildman–Crippen MR) is 78.2 cm³/mol. The molecule has 1 aromatic rings. The summed E-state index contributed by atoms with van der Waals surface area (Å²) in [5.74, 6) is 1.83. The van der Waals surface area contributed by atoms with Gasteiger partial charge in [0.1, 0.15) is 6.07 Å². The van der Waals surface area contributed by atoms with Crippen LogP contribution in [0.2, 0.25) is 0 Å². The number of anilines is 1. The van der Waals surface area contributed by atoms with Crippen molar-refractivity contribution in [1.29, 1.82) is 5.26 Å². The van der Waals surface area contributed by atoms with Crippen molar-refractivity contribution in [2.45, 2.75) is 31.6 Å². The fraction of sp³-hybridized carbons (Fsp3) is 0.533. The lowest BCUT2D eigenvalue weighted by atomic mass is 9.98. The molecule has 0 atom stereocenters. The highest BCUT2D eigenvalue weighted by Crippen LogP contribution is 2.32. The van der Waals surface area contributed by atoms with Crippen molar-refractivity contribution in [2.24, 2.45) is 5.92 Å². The van der Waals surface area contributed by atoms with E-state index in [-0.39, 0.29) is 0 Å². The Kier molecular flexibility index (Phi) is 4.54. The minimum atomic E-state index is 0.819. The van der Waals surface area contributed by atoms with Crippen LogP contribution in [0.3, 0.4) is 0 Å². The SMILES string of the molecule is CCSc1cccc(N2CCC(C)CC2)c1C#N. The highest BCUT2D eigenvalue weighted by molar-refractivity contribution is 7.99.